The Labute approximate surface area is 193 Å². The van der Waals surface area contributed by atoms with Gasteiger partial charge in [-0.2, -0.15) is 17.6 Å². The van der Waals surface area contributed by atoms with Gasteiger partial charge < -0.3 is 9.72 Å². The molecule has 0 radical (unpaired) electrons. The van der Waals surface area contributed by atoms with Gasteiger partial charge in [0.05, 0.1) is 10.6 Å². The molecule has 12 heteroatoms. The predicted octanol–water partition coefficient (Wildman–Crippen LogP) is 6.72. The summed E-state index contributed by atoms with van der Waals surface area (Å²) < 4.78 is 70.3. The Morgan fingerprint density at radius 3 is 2.39 bits per heavy atom. The standard InChI is InChI=1S/C21H11Cl2F5N4O/c22-14-6-12(33-9-16-15(24)5-11(8-29-16)21(26,27)28)2-3-13(14)18-19(23)32-20(31-18)10-1-4-17(25)30-7-10/h1-8H,9H2,(H,31,32). The number of alkyl halides is 3. The summed E-state index contributed by atoms with van der Waals surface area (Å²) in [6.45, 7) is -0.412. The van der Waals surface area contributed by atoms with Crippen molar-refractivity contribution in [2.24, 2.45) is 0 Å². The van der Waals surface area contributed by atoms with Gasteiger partial charge in [0.1, 0.15) is 40.5 Å². The molecule has 0 aliphatic rings. The van der Waals surface area contributed by atoms with Gasteiger partial charge in [-0.05, 0) is 36.4 Å². The molecular weight excluding hydrogens is 490 g/mol. The van der Waals surface area contributed by atoms with Gasteiger partial charge in [0.25, 0.3) is 0 Å². The third-order valence-corrected chi connectivity index (χ3v) is 5.06. The van der Waals surface area contributed by atoms with Crippen LogP contribution in [0.4, 0.5) is 22.0 Å². The molecule has 0 aliphatic carbocycles. The molecule has 0 bridgehead atoms. The second kappa shape index (κ2) is 8.95. The molecule has 0 atom stereocenters. The van der Waals surface area contributed by atoms with Crippen LogP contribution in [0.1, 0.15) is 11.3 Å². The van der Waals surface area contributed by atoms with Crippen molar-refractivity contribution < 1.29 is 26.7 Å². The summed E-state index contributed by atoms with van der Waals surface area (Å²) in [5, 5.41) is 0.381. The van der Waals surface area contributed by atoms with Crippen LogP contribution in [-0.2, 0) is 12.8 Å². The van der Waals surface area contributed by atoms with Crippen LogP contribution in [0.3, 0.4) is 0 Å². The number of aromatic amines is 1. The summed E-state index contributed by atoms with van der Waals surface area (Å²) in [4.78, 5) is 14.3. The number of imidazole rings is 1. The Morgan fingerprint density at radius 1 is 0.970 bits per heavy atom. The van der Waals surface area contributed by atoms with E-state index in [1.165, 1.54) is 30.5 Å². The van der Waals surface area contributed by atoms with Crippen LogP contribution in [0.15, 0.2) is 48.8 Å². The van der Waals surface area contributed by atoms with Gasteiger partial charge in [-0.25, -0.2) is 14.4 Å². The molecule has 4 rings (SSSR count). The number of hydrogen-bond donors (Lipinski definition) is 1. The first kappa shape index (κ1) is 22.9. The Bertz CT molecular complexity index is 1310. The third-order valence-electron chi connectivity index (χ3n) is 4.48. The minimum absolute atomic E-state index is 0.181. The van der Waals surface area contributed by atoms with Crippen molar-refractivity contribution in [2.75, 3.05) is 0 Å². The molecule has 0 saturated heterocycles. The van der Waals surface area contributed by atoms with Crippen LogP contribution < -0.4 is 4.74 Å². The van der Waals surface area contributed by atoms with Crippen LogP contribution in [0.5, 0.6) is 5.75 Å². The lowest BCUT2D eigenvalue weighted by Crippen LogP contribution is -2.09. The summed E-state index contributed by atoms with van der Waals surface area (Å²) in [7, 11) is 0. The van der Waals surface area contributed by atoms with E-state index in [9.17, 15) is 22.0 Å². The second-order valence-corrected chi connectivity index (χ2v) is 7.48. The van der Waals surface area contributed by atoms with Gasteiger partial charge in [-0.3, -0.25) is 4.98 Å². The van der Waals surface area contributed by atoms with E-state index in [4.69, 9.17) is 27.9 Å². The van der Waals surface area contributed by atoms with Crippen LogP contribution in [0.2, 0.25) is 10.2 Å². The van der Waals surface area contributed by atoms with Gasteiger partial charge in [-0.1, -0.05) is 23.2 Å². The van der Waals surface area contributed by atoms with Crippen LogP contribution in [0, 0.1) is 11.8 Å². The molecule has 0 amide bonds. The second-order valence-electron chi connectivity index (χ2n) is 6.70. The van der Waals surface area contributed by atoms with E-state index < -0.39 is 30.1 Å². The number of hydrogen-bond acceptors (Lipinski definition) is 4. The Balaban J connectivity index is 1.52. The van der Waals surface area contributed by atoms with E-state index in [2.05, 4.69) is 19.9 Å². The average Bonchev–Trinajstić information content (AvgIpc) is 3.14. The first-order valence-corrected chi connectivity index (χ1v) is 9.89. The van der Waals surface area contributed by atoms with Crippen molar-refractivity contribution in [1.82, 2.24) is 19.9 Å². The van der Waals surface area contributed by atoms with E-state index in [1.807, 2.05) is 0 Å². The normalized spacial score (nSPS) is 11.6. The molecular formula is C21H11Cl2F5N4O. The predicted molar refractivity (Wildman–Crippen MR) is 111 cm³/mol. The van der Waals surface area contributed by atoms with Crippen LogP contribution in [-0.4, -0.2) is 19.9 Å². The smallest absolute Gasteiger partial charge is 0.417 e. The number of pyridine rings is 2. The molecule has 0 saturated carbocycles. The van der Waals surface area contributed by atoms with Crippen molar-refractivity contribution >= 4 is 23.2 Å². The quantitative estimate of drug-likeness (QED) is 0.244. The summed E-state index contributed by atoms with van der Waals surface area (Å²) >= 11 is 12.6. The lowest BCUT2D eigenvalue weighted by atomic mass is 10.1. The van der Waals surface area contributed by atoms with E-state index in [1.54, 1.807) is 6.07 Å². The van der Waals surface area contributed by atoms with E-state index in [-0.39, 0.29) is 21.6 Å². The molecule has 170 valence electrons. The van der Waals surface area contributed by atoms with Crippen LogP contribution in [0.25, 0.3) is 22.6 Å². The van der Waals surface area contributed by atoms with E-state index in [0.717, 1.165) is 0 Å². The average molecular weight is 501 g/mol. The topological polar surface area (TPSA) is 63.7 Å². The van der Waals surface area contributed by atoms with Crippen molar-refractivity contribution in [2.45, 2.75) is 12.8 Å². The van der Waals surface area contributed by atoms with Crippen molar-refractivity contribution in [3.8, 4) is 28.4 Å². The fourth-order valence-electron chi connectivity index (χ4n) is 2.84. The van der Waals surface area contributed by atoms with Gasteiger partial charge in [0, 0.05) is 23.5 Å². The van der Waals surface area contributed by atoms with Gasteiger partial charge in [0.15, 0.2) is 0 Å². The number of H-pyrrole nitrogens is 1. The highest BCUT2D eigenvalue weighted by Crippen LogP contribution is 2.36. The molecule has 0 aliphatic heterocycles. The lowest BCUT2D eigenvalue weighted by molar-refractivity contribution is -0.138. The van der Waals surface area contributed by atoms with Gasteiger partial charge in [0.2, 0.25) is 5.95 Å². The summed E-state index contributed by atoms with van der Waals surface area (Å²) in [5.74, 6) is -1.21. The Hall–Kier alpha value is -3.24. The molecule has 1 N–H and O–H groups in total. The highest BCUT2D eigenvalue weighted by atomic mass is 35.5. The minimum Gasteiger partial charge on any atom is -0.487 e. The molecule has 0 spiro atoms. The first-order valence-electron chi connectivity index (χ1n) is 9.13. The largest absolute Gasteiger partial charge is 0.487 e. The number of ether oxygens (including phenoxy) is 1. The third kappa shape index (κ3) is 5.07. The van der Waals surface area contributed by atoms with E-state index in [0.29, 0.717) is 34.9 Å². The lowest BCUT2D eigenvalue weighted by Gasteiger charge is -2.10. The fourth-order valence-corrected chi connectivity index (χ4v) is 3.33. The number of nitrogens with one attached hydrogen (secondary N) is 1. The van der Waals surface area contributed by atoms with E-state index >= 15 is 0 Å². The molecule has 33 heavy (non-hydrogen) atoms. The SMILES string of the molecule is Fc1ccc(-c2nc(-c3ccc(OCc4ncc(C(F)(F)F)cc4F)cc3Cl)c(Cl)[nH]2)cn1. The monoisotopic (exact) mass is 500 g/mol. The molecule has 5 nitrogen and oxygen atoms in total. The van der Waals surface area contributed by atoms with Crippen molar-refractivity contribution in [1.29, 1.82) is 0 Å². The number of nitrogens with zero attached hydrogens (tertiary/aromatic N) is 3. The summed E-state index contributed by atoms with van der Waals surface area (Å²) in [6.07, 6.45) is -2.87. The zero-order valence-electron chi connectivity index (χ0n) is 16.2. The molecule has 0 fully saturated rings. The van der Waals surface area contributed by atoms with Crippen molar-refractivity contribution in [3.05, 3.63) is 82.0 Å². The summed E-state index contributed by atoms with van der Waals surface area (Å²) in [5.41, 5.74) is -0.209. The fraction of sp³-hybridized carbons (Fsp3) is 0.0952. The molecule has 3 aromatic heterocycles. The minimum atomic E-state index is -4.70. The number of aromatic nitrogens is 4. The maximum Gasteiger partial charge on any atom is 0.417 e. The molecule has 3 heterocycles. The Morgan fingerprint density at radius 2 is 1.76 bits per heavy atom. The van der Waals surface area contributed by atoms with Gasteiger partial charge >= 0.3 is 6.18 Å². The highest BCUT2D eigenvalue weighted by molar-refractivity contribution is 6.35. The Kier molecular flexibility index (Phi) is 6.22. The highest BCUT2D eigenvalue weighted by Gasteiger charge is 2.32. The van der Waals surface area contributed by atoms with Gasteiger partial charge in [-0.15, -0.1) is 0 Å². The zero-order valence-corrected chi connectivity index (χ0v) is 17.7. The number of halogens is 7. The van der Waals surface area contributed by atoms with Crippen molar-refractivity contribution in [3.63, 3.8) is 0 Å². The molecule has 4 aromatic rings. The first-order chi connectivity index (χ1) is 15.6. The maximum atomic E-state index is 13.9. The molecule has 0 unspecified atom stereocenters. The van der Waals surface area contributed by atoms with Crippen LogP contribution >= 0.6 is 23.2 Å². The maximum absolute atomic E-state index is 13.9. The molecule has 1 aromatic carbocycles. The number of rotatable bonds is 5. The summed E-state index contributed by atoms with van der Waals surface area (Å²) in [6, 6.07) is 7.50. The number of benzene rings is 1. The zero-order chi connectivity index (χ0) is 23.8.